The highest BCUT2D eigenvalue weighted by Crippen LogP contribution is 2.29. The number of rotatable bonds is 5. The molecule has 0 saturated carbocycles. The van der Waals surface area contributed by atoms with E-state index >= 15 is 0 Å². The molecule has 0 spiro atoms. The molecule has 0 atom stereocenters. The quantitative estimate of drug-likeness (QED) is 0.741. The first-order valence-corrected chi connectivity index (χ1v) is 8.37. The zero-order chi connectivity index (χ0) is 19.4. The second kappa shape index (κ2) is 7.81. The van der Waals surface area contributed by atoms with Crippen LogP contribution < -0.4 is 10.6 Å². The van der Waals surface area contributed by atoms with Crippen molar-refractivity contribution < 1.29 is 18.0 Å². The predicted molar refractivity (Wildman–Crippen MR) is 98.3 cm³/mol. The molecule has 140 valence electrons. The van der Waals surface area contributed by atoms with Crippen molar-refractivity contribution >= 4 is 17.3 Å². The Hall–Kier alpha value is -2.50. The first-order chi connectivity index (χ1) is 12.1. The van der Waals surface area contributed by atoms with Crippen molar-refractivity contribution in [3.63, 3.8) is 0 Å². The van der Waals surface area contributed by atoms with Gasteiger partial charge in [-0.05, 0) is 47.4 Å². The summed E-state index contributed by atoms with van der Waals surface area (Å²) in [6, 6.07) is 12.4. The van der Waals surface area contributed by atoms with Gasteiger partial charge in [0.1, 0.15) is 0 Å². The Bertz CT molecular complexity index is 730. The van der Waals surface area contributed by atoms with E-state index in [1.807, 2.05) is 24.3 Å². The molecule has 0 heterocycles. The number of halogens is 3. The highest BCUT2D eigenvalue weighted by atomic mass is 19.4. The predicted octanol–water partition coefficient (Wildman–Crippen LogP) is 5.44. The number of carbonyl (C=O) groups is 1. The zero-order valence-corrected chi connectivity index (χ0v) is 15.1. The highest BCUT2D eigenvalue weighted by molar-refractivity contribution is 5.91. The molecule has 6 heteroatoms. The van der Waals surface area contributed by atoms with Crippen LogP contribution in [-0.4, -0.2) is 12.5 Å². The van der Waals surface area contributed by atoms with Crippen LogP contribution in [0.1, 0.15) is 38.3 Å². The average molecular weight is 364 g/mol. The van der Waals surface area contributed by atoms with Gasteiger partial charge in [0.25, 0.3) is 0 Å². The molecule has 26 heavy (non-hydrogen) atoms. The summed E-state index contributed by atoms with van der Waals surface area (Å²) in [5.74, 6) is -0.159. The van der Waals surface area contributed by atoms with E-state index in [4.69, 9.17) is 0 Å². The summed E-state index contributed by atoms with van der Waals surface area (Å²) in [5, 5.41) is 5.75. The van der Waals surface area contributed by atoms with Crippen LogP contribution in [-0.2, 0) is 16.4 Å². The summed E-state index contributed by atoms with van der Waals surface area (Å²) in [5.41, 5.74) is 1.80. The van der Waals surface area contributed by atoms with E-state index < -0.39 is 11.7 Å². The van der Waals surface area contributed by atoms with Crippen LogP contribution in [0.5, 0.6) is 0 Å². The molecule has 2 N–H and O–H groups in total. The van der Waals surface area contributed by atoms with E-state index in [9.17, 15) is 18.0 Å². The largest absolute Gasteiger partial charge is 0.416 e. The van der Waals surface area contributed by atoms with Gasteiger partial charge in [0.15, 0.2) is 0 Å². The second-order valence-corrected chi connectivity index (χ2v) is 7.13. The summed E-state index contributed by atoms with van der Waals surface area (Å²) in [6.45, 7) is 6.69. The van der Waals surface area contributed by atoms with Gasteiger partial charge in [0.05, 0.1) is 5.56 Å². The Morgan fingerprint density at radius 2 is 1.35 bits per heavy atom. The van der Waals surface area contributed by atoms with Crippen LogP contribution in [0.2, 0.25) is 0 Å². The Morgan fingerprint density at radius 1 is 0.846 bits per heavy atom. The van der Waals surface area contributed by atoms with E-state index in [1.165, 1.54) is 17.7 Å². The Kier molecular flexibility index (Phi) is 5.95. The minimum atomic E-state index is -4.35. The first-order valence-electron chi connectivity index (χ1n) is 8.37. The lowest BCUT2D eigenvalue weighted by atomic mass is 9.87. The molecule has 2 rings (SSSR count). The average Bonchev–Trinajstić information content (AvgIpc) is 2.54. The van der Waals surface area contributed by atoms with E-state index in [0.717, 1.165) is 17.8 Å². The fraction of sp³-hybridized carbons (Fsp3) is 0.350. The molecule has 0 aliphatic heterocycles. The third-order valence-electron chi connectivity index (χ3n) is 3.93. The monoisotopic (exact) mass is 364 g/mol. The lowest BCUT2D eigenvalue weighted by molar-refractivity contribution is -0.137. The van der Waals surface area contributed by atoms with Gasteiger partial charge in [-0.2, -0.15) is 13.2 Å². The minimum Gasteiger partial charge on any atom is -0.385 e. The van der Waals surface area contributed by atoms with E-state index in [2.05, 4.69) is 31.4 Å². The molecule has 2 aromatic carbocycles. The van der Waals surface area contributed by atoms with Gasteiger partial charge in [-0.1, -0.05) is 32.9 Å². The van der Waals surface area contributed by atoms with Crippen LogP contribution in [0, 0.1) is 0 Å². The topological polar surface area (TPSA) is 41.1 Å². The highest BCUT2D eigenvalue weighted by Gasteiger charge is 2.29. The molecule has 0 unspecified atom stereocenters. The number of alkyl halides is 3. The number of amides is 1. The van der Waals surface area contributed by atoms with Gasteiger partial charge >= 0.3 is 6.18 Å². The maximum atomic E-state index is 12.5. The molecule has 1 amide bonds. The van der Waals surface area contributed by atoms with E-state index in [0.29, 0.717) is 12.2 Å². The molecule has 2 aromatic rings. The zero-order valence-electron chi connectivity index (χ0n) is 15.1. The lowest BCUT2D eigenvalue weighted by Crippen LogP contribution is -2.16. The van der Waals surface area contributed by atoms with Crippen LogP contribution in [0.4, 0.5) is 24.5 Å². The lowest BCUT2D eigenvalue weighted by Gasteiger charge is -2.19. The first kappa shape index (κ1) is 19.8. The Morgan fingerprint density at radius 3 is 1.85 bits per heavy atom. The van der Waals surface area contributed by atoms with Crippen LogP contribution in [0.15, 0.2) is 48.5 Å². The van der Waals surface area contributed by atoms with Crippen LogP contribution in [0.3, 0.4) is 0 Å². The second-order valence-electron chi connectivity index (χ2n) is 7.13. The van der Waals surface area contributed by atoms with Gasteiger partial charge in [0, 0.05) is 24.3 Å². The van der Waals surface area contributed by atoms with Crippen LogP contribution >= 0.6 is 0 Å². The van der Waals surface area contributed by atoms with Crippen molar-refractivity contribution in [2.75, 3.05) is 17.2 Å². The molecule has 0 fully saturated rings. The fourth-order valence-electron chi connectivity index (χ4n) is 2.37. The van der Waals surface area contributed by atoms with Crippen molar-refractivity contribution in [1.82, 2.24) is 0 Å². The van der Waals surface area contributed by atoms with Gasteiger partial charge in [-0.15, -0.1) is 0 Å². The molecule has 0 radical (unpaired) electrons. The molecule has 0 aliphatic carbocycles. The van der Waals surface area contributed by atoms with Crippen molar-refractivity contribution in [3.05, 3.63) is 59.7 Å². The van der Waals surface area contributed by atoms with Gasteiger partial charge in [-0.25, -0.2) is 0 Å². The number of hydrogen-bond donors (Lipinski definition) is 2. The molecule has 0 saturated heterocycles. The maximum absolute atomic E-state index is 12.5. The van der Waals surface area contributed by atoms with Gasteiger partial charge in [0.2, 0.25) is 5.91 Å². The number of hydrogen-bond acceptors (Lipinski definition) is 2. The summed E-state index contributed by atoms with van der Waals surface area (Å²) < 4.78 is 37.5. The smallest absolute Gasteiger partial charge is 0.385 e. The third kappa shape index (κ3) is 5.79. The van der Waals surface area contributed by atoms with Gasteiger partial charge < -0.3 is 10.6 Å². The van der Waals surface area contributed by atoms with Crippen molar-refractivity contribution in [1.29, 1.82) is 0 Å². The minimum absolute atomic E-state index is 0.0497. The Labute approximate surface area is 151 Å². The summed E-state index contributed by atoms with van der Waals surface area (Å²) in [7, 11) is 0. The van der Waals surface area contributed by atoms with E-state index in [-0.39, 0.29) is 17.7 Å². The number of nitrogens with one attached hydrogen (secondary N) is 2. The molecular weight excluding hydrogens is 341 g/mol. The molecule has 0 bridgehead atoms. The fourth-order valence-corrected chi connectivity index (χ4v) is 2.37. The summed E-state index contributed by atoms with van der Waals surface area (Å²) in [4.78, 5) is 12.0. The molecule has 0 aromatic heterocycles. The van der Waals surface area contributed by atoms with Crippen LogP contribution in [0.25, 0.3) is 0 Å². The number of anilines is 2. The summed E-state index contributed by atoms with van der Waals surface area (Å²) in [6.07, 6.45) is -4.14. The van der Waals surface area contributed by atoms with Crippen molar-refractivity contribution in [3.8, 4) is 0 Å². The Balaban J connectivity index is 1.80. The van der Waals surface area contributed by atoms with E-state index in [1.54, 1.807) is 0 Å². The number of carbonyl (C=O) groups excluding carboxylic acids is 1. The molecule has 0 aliphatic rings. The van der Waals surface area contributed by atoms with Crippen molar-refractivity contribution in [2.45, 2.75) is 38.8 Å². The standard InChI is InChI=1S/C20H23F3N2O/c1-19(2,3)14-4-10-17(11-5-14)25-18(26)12-13-24-16-8-6-15(7-9-16)20(21,22)23/h4-11,24H,12-13H2,1-3H3,(H,25,26). The van der Waals surface area contributed by atoms with Crippen molar-refractivity contribution in [2.24, 2.45) is 0 Å². The third-order valence-corrected chi connectivity index (χ3v) is 3.93. The SMILES string of the molecule is CC(C)(C)c1ccc(NC(=O)CCNc2ccc(C(F)(F)F)cc2)cc1. The van der Waals surface area contributed by atoms with Gasteiger partial charge in [-0.3, -0.25) is 4.79 Å². The molecular formula is C20H23F3N2O. The number of benzene rings is 2. The molecule has 3 nitrogen and oxygen atoms in total. The summed E-state index contributed by atoms with van der Waals surface area (Å²) >= 11 is 0. The maximum Gasteiger partial charge on any atom is 0.416 e. The normalized spacial score (nSPS) is 11.9.